The molecule has 7 heteroatoms. The van der Waals surface area contributed by atoms with E-state index in [-0.39, 0.29) is 11.3 Å². The number of anilines is 1. The number of amides is 1. The molecule has 0 saturated carbocycles. The van der Waals surface area contributed by atoms with E-state index in [9.17, 15) is 13.6 Å². The lowest BCUT2D eigenvalue weighted by Crippen LogP contribution is -2.35. The Balaban J connectivity index is 1.98. The average molecular weight is 423 g/mol. The molecule has 1 aromatic heterocycles. The summed E-state index contributed by atoms with van der Waals surface area (Å²) in [4.78, 5) is 13.3. The van der Waals surface area contributed by atoms with Gasteiger partial charge >= 0.3 is 6.55 Å². The van der Waals surface area contributed by atoms with Crippen LogP contribution in [0.3, 0.4) is 0 Å². The van der Waals surface area contributed by atoms with E-state index < -0.39 is 18.1 Å². The lowest BCUT2D eigenvalue weighted by molar-refractivity contribution is 0.0741. The number of aromatic nitrogens is 2. The normalized spacial score (nSPS) is 11.2. The molecule has 0 spiro atoms. The maximum atomic E-state index is 14.0. The highest BCUT2D eigenvalue weighted by atomic mass is 19.3. The second-order valence-corrected chi connectivity index (χ2v) is 7.41. The van der Waals surface area contributed by atoms with Crippen molar-refractivity contribution in [2.24, 2.45) is 7.05 Å². The molecule has 0 saturated heterocycles. The summed E-state index contributed by atoms with van der Waals surface area (Å²) in [5.41, 5.74) is 1.60. The van der Waals surface area contributed by atoms with E-state index >= 15 is 0 Å². The Morgan fingerprint density at radius 1 is 1.16 bits per heavy atom. The molecule has 0 atom stereocenters. The van der Waals surface area contributed by atoms with Gasteiger partial charge in [0.05, 0.1) is 17.4 Å². The Hall–Kier alpha value is -3.50. The van der Waals surface area contributed by atoms with Crippen molar-refractivity contribution in [3.63, 3.8) is 0 Å². The summed E-state index contributed by atoms with van der Waals surface area (Å²) >= 11 is 0. The van der Waals surface area contributed by atoms with Crippen LogP contribution in [0.4, 0.5) is 14.5 Å². The van der Waals surface area contributed by atoms with Crippen LogP contribution in [-0.2, 0) is 11.8 Å². The molecule has 3 aromatic rings. The van der Waals surface area contributed by atoms with Gasteiger partial charge < -0.3 is 4.74 Å². The first-order valence-electron chi connectivity index (χ1n) is 9.60. The van der Waals surface area contributed by atoms with Crippen molar-refractivity contribution in [3.8, 4) is 23.0 Å². The summed E-state index contributed by atoms with van der Waals surface area (Å²) in [6, 6.07) is 13.8. The van der Waals surface area contributed by atoms with Gasteiger partial charge in [-0.15, -0.1) is 0 Å². The summed E-state index contributed by atoms with van der Waals surface area (Å²) in [5.74, 6) is 5.26. The number of aryl methyl sites for hydroxylation is 1. The highest BCUT2D eigenvalue weighted by molar-refractivity contribution is 6.08. The van der Waals surface area contributed by atoms with Crippen LogP contribution in [0, 0.1) is 11.8 Å². The van der Waals surface area contributed by atoms with Crippen LogP contribution < -0.4 is 4.90 Å². The van der Waals surface area contributed by atoms with Gasteiger partial charge in [-0.05, 0) is 37.6 Å². The third kappa shape index (κ3) is 5.16. The first-order valence-corrected chi connectivity index (χ1v) is 9.60. The van der Waals surface area contributed by atoms with Crippen molar-refractivity contribution >= 4 is 11.6 Å². The van der Waals surface area contributed by atoms with Crippen LogP contribution in [-0.4, -0.2) is 34.9 Å². The van der Waals surface area contributed by atoms with Gasteiger partial charge in [0.1, 0.15) is 5.60 Å². The standard InChI is InChI=1S/C24H23F2N3O2/c1-24(2,31-4)14-13-17-9-11-18(12-10-17)20-7-5-6-8-21(20)29(23(25)26)22(30)19-15-27-28(3)16-19/h5-12,15-16,23H,1-4H3. The number of carbonyl (C=O) groups excluding carboxylic acids is 1. The molecule has 1 heterocycles. The molecule has 5 nitrogen and oxygen atoms in total. The highest BCUT2D eigenvalue weighted by Crippen LogP contribution is 2.33. The number of benzene rings is 2. The third-order valence-corrected chi connectivity index (χ3v) is 4.74. The predicted molar refractivity (Wildman–Crippen MR) is 116 cm³/mol. The van der Waals surface area contributed by atoms with Gasteiger partial charge in [-0.3, -0.25) is 9.48 Å². The van der Waals surface area contributed by atoms with Crippen molar-refractivity contribution in [3.05, 3.63) is 72.1 Å². The third-order valence-electron chi connectivity index (χ3n) is 4.74. The van der Waals surface area contributed by atoms with Crippen LogP contribution >= 0.6 is 0 Å². The van der Waals surface area contributed by atoms with Crippen molar-refractivity contribution < 1.29 is 18.3 Å². The van der Waals surface area contributed by atoms with Crippen molar-refractivity contribution in [2.75, 3.05) is 12.0 Å². The summed E-state index contributed by atoms with van der Waals surface area (Å²) in [6.07, 6.45) is 2.69. The van der Waals surface area contributed by atoms with Gasteiger partial charge in [0.2, 0.25) is 0 Å². The maximum Gasteiger partial charge on any atom is 0.321 e. The zero-order valence-electron chi connectivity index (χ0n) is 17.8. The van der Waals surface area contributed by atoms with Crippen LogP contribution in [0.15, 0.2) is 60.9 Å². The van der Waals surface area contributed by atoms with Crippen molar-refractivity contribution in [1.82, 2.24) is 9.78 Å². The highest BCUT2D eigenvalue weighted by Gasteiger charge is 2.28. The molecule has 31 heavy (non-hydrogen) atoms. The van der Waals surface area contributed by atoms with E-state index in [1.807, 2.05) is 13.8 Å². The summed E-state index contributed by atoms with van der Waals surface area (Å²) in [5, 5.41) is 3.91. The van der Waals surface area contributed by atoms with Crippen molar-refractivity contribution in [1.29, 1.82) is 0 Å². The lowest BCUT2D eigenvalue weighted by atomic mass is 10.0. The predicted octanol–water partition coefficient (Wildman–Crippen LogP) is 4.73. The number of methoxy groups -OCH3 is 1. The largest absolute Gasteiger partial charge is 0.366 e. The van der Waals surface area contributed by atoms with Gasteiger partial charge in [0, 0.05) is 31.5 Å². The fourth-order valence-electron chi connectivity index (χ4n) is 2.91. The molecule has 0 radical (unpaired) electrons. The van der Waals surface area contributed by atoms with E-state index in [0.29, 0.717) is 16.0 Å². The topological polar surface area (TPSA) is 47.4 Å². The molecule has 1 amide bonds. The number of carbonyl (C=O) groups is 1. The Morgan fingerprint density at radius 2 is 1.84 bits per heavy atom. The molecule has 0 unspecified atom stereocenters. The van der Waals surface area contributed by atoms with Crippen LogP contribution in [0.25, 0.3) is 11.1 Å². The number of nitrogens with zero attached hydrogens (tertiary/aromatic N) is 3. The summed E-state index contributed by atoms with van der Waals surface area (Å²) in [7, 11) is 3.21. The molecule has 0 aliphatic rings. The molecule has 160 valence electrons. The van der Waals surface area contributed by atoms with Gasteiger partial charge in [-0.2, -0.15) is 13.9 Å². The quantitative estimate of drug-likeness (QED) is 0.440. The van der Waals surface area contributed by atoms with E-state index in [0.717, 1.165) is 5.56 Å². The monoisotopic (exact) mass is 423 g/mol. The summed E-state index contributed by atoms with van der Waals surface area (Å²) in [6.45, 7) is 0.710. The molecule has 0 N–H and O–H groups in total. The first kappa shape index (κ1) is 22.2. The zero-order valence-corrected chi connectivity index (χ0v) is 17.8. The zero-order chi connectivity index (χ0) is 22.6. The van der Waals surface area contributed by atoms with Crippen LogP contribution in [0.5, 0.6) is 0 Å². The fourth-order valence-corrected chi connectivity index (χ4v) is 2.91. The van der Waals surface area contributed by atoms with E-state index in [1.165, 1.54) is 23.1 Å². The minimum absolute atomic E-state index is 0.0870. The number of para-hydroxylation sites is 1. The SMILES string of the molecule is COC(C)(C)C#Cc1ccc(-c2ccccc2N(C(=O)c2cnn(C)c2)C(F)F)cc1. The number of alkyl halides is 2. The number of rotatable bonds is 5. The Labute approximate surface area is 180 Å². The fraction of sp³-hybridized carbons (Fsp3) is 0.250. The second-order valence-electron chi connectivity index (χ2n) is 7.41. The Morgan fingerprint density at radius 3 is 2.42 bits per heavy atom. The van der Waals surface area contributed by atoms with Gasteiger partial charge in [0.25, 0.3) is 5.91 Å². The molecule has 0 fully saturated rings. The van der Waals surface area contributed by atoms with Crippen LogP contribution in [0.2, 0.25) is 0 Å². The molecule has 0 bridgehead atoms. The maximum absolute atomic E-state index is 14.0. The molecule has 0 aliphatic heterocycles. The smallest absolute Gasteiger partial charge is 0.321 e. The summed E-state index contributed by atoms with van der Waals surface area (Å²) < 4.78 is 34.6. The molecular weight excluding hydrogens is 400 g/mol. The van der Waals surface area contributed by atoms with Crippen molar-refractivity contribution in [2.45, 2.75) is 26.0 Å². The number of halogens is 2. The van der Waals surface area contributed by atoms with E-state index in [2.05, 4.69) is 16.9 Å². The van der Waals surface area contributed by atoms with Crippen LogP contribution in [0.1, 0.15) is 29.8 Å². The minimum atomic E-state index is -3.02. The van der Waals surface area contributed by atoms with Gasteiger partial charge in [-0.1, -0.05) is 42.2 Å². The second kappa shape index (κ2) is 9.11. The first-order chi connectivity index (χ1) is 14.7. The minimum Gasteiger partial charge on any atom is -0.366 e. The molecule has 3 rings (SSSR count). The number of ether oxygens (including phenoxy) is 1. The lowest BCUT2D eigenvalue weighted by Gasteiger charge is -2.24. The van der Waals surface area contributed by atoms with E-state index in [4.69, 9.17) is 4.74 Å². The molecule has 2 aromatic carbocycles. The van der Waals surface area contributed by atoms with E-state index in [1.54, 1.807) is 56.6 Å². The Kier molecular flexibility index (Phi) is 6.52. The van der Waals surface area contributed by atoms with Gasteiger partial charge in [0.15, 0.2) is 0 Å². The average Bonchev–Trinajstić information content (AvgIpc) is 3.19. The van der Waals surface area contributed by atoms with Gasteiger partial charge in [-0.25, -0.2) is 4.90 Å². The number of hydrogen-bond donors (Lipinski definition) is 0. The molecular formula is C24H23F2N3O2. The number of hydrogen-bond acceptors (Lipinski definition) is 3. The Bertz CT molecular complexity index is 1130. The molecule has 0 aliphatic carbocycles.